The molecule has 31 heavy (non-hydrogen) atoms. The molecule has 0 saturated heterocycles. The molecule has 0 aromatic carbocycles. The van der Waals surface area contributed by atoms with Gasteiger partial charge in [0, 0.05) is 19.2 Å². The number of aromatic nitrogens is 7. The lowest BCUT2D eigenvalue weighted by Gasteiger charge is -2.17. The summed E-state index contributed by atoms with van der Waals surface area (Å²) < 4.78 is 12.3. The number of carbonyl (C=O) groups excluding carboxylic acids is 1. The molecule has 0 aliphatic heterocycles. The van der Waals surface area contributed by atoms with Crippen LogP contribution in [0.2, 0.25) is 5.15 Å². The molecule has 0 fully saturated rings. The zero-order valence-electron chi connectivity index (χ0n) is 16.8. The van der Waals surface area contributed by atoms with Crippen LogP contribution in [0.3, 0.4) is 0 Å². The van der Waals surface area contributed by atoms with E-state index in [-0.39, 0.29) is 11.3 Å². The average molecular weight is 444 g/mol. The molecule has 2 amide bonds. The summed E-state index contributed by atoms with van der Waals surface area (Å²) in [6.07, 6.45) is 5.64. The van der Waals surface area contributed by atoms with Crippen LogP contribution in [0.25, 0.3) is 11.5 Å². The van der Waals surface area contributed by atoms with E-state index in [2.05, 4.69) is 35.9 Å². The number of amides is 2. The zero-order chi connectivity index (χ0) is 22.0. The monoisotopic (exact) mass is 443 g/mol. The van der Waals surface area contributed by atoms with Crippen LogP contribution in [-0.2, 0) is 4.74 Å². The lowest BCUT2D eigenvalue weighted by atomic mass is 10.2. The molecule has 160 valence electrons. The number of carbonyl (C=O) groups is 1. The fourth-order valence-electron chi connectivity index (χ4n) is 2.94. The third-order valence-corrected chi connectivity index (χ3v) is 4.58. The quantitative estimate of drug-likeness (QED) is 0.464. The molecular weight excluding hydrogens is 426 g/mol. The van der Waals surface area contributed by atoms with Gasteiger partial charge in [-0.15, -0.1) is 4.80 Å². The van der Waals surface area contributed by atoms with Crippen molar-refractivity contribution in [2.75, 3.05) is 24.9 Å². The minimum absolute atomic E-state index is 0.281. The molecular formula is C18H18ClN9O3. The van der Waals surface area contributed by atoms with Crippen molar-refractivity contribution in [3.63, 3.8) is 0 Å². The van der Waals surface area contributed by atoms with Crippen molar-refractivity contribution < 1.29 is 14.3 Å². The minimum Gasteiger partial charge on any atom is -0.493 e. The Balaban J connectivity index is 1.58. The Morgan fingerprint density at radius 1 is 1.13 bits per heavy atom. The van der Waals surface area contributed by atoms with Gasteiger partial charge in [-0.25, -0.2) is 19.3 Å². The fourth-order valence-corrected chi connectivity index (χ4v) is 3.11. The van der Waals surface area contributed by atoms with E-state index in [1.54, 1.807) is 19.2 Å². The first kappa shape index (κ1) is 20.5. The predicted molar refractivity (Wildman–Crippen MR) is 112 cm³/mol. The standard InChI is InChI=1S/C18H18ClN9O3/c1-10(30-2)16-12(9-20-15-7-14(19)26-27(15)16)25-18(29)24-11-6-13(31-3)17(21-8-11)28-22-4-5-23-28/h4-10H,1-3H3,(H2,24,25,29)/t10-/m0/s1. The smallest absolute Gasteiger partial charge is 0.323 e. The van der Waals surface area contributed by atoms with Gasteiger partial charge in [-0.3, -0.25) is 0 Å². The van der Waals surface area contributed by atoms with Gasteiger partial charge < -0.3 is 20.1 Å². The van der Waals surface area contributed by atoms with Crippen LogP contribution in [0.4, 0.5) is 16.2 Å². The number of ether oxygens (including phenoxy) is 2. The summed E-state index contributed by atoms with van der Waals surface area (Å²) >= 11 is 6.00. The van der Waals surface area contributed by atoms with Crippen molar-refractivity contribution in [1.29, 1.82) is 0 Å². The second-order valence-electron chi connectivity index (χ2n) is 6.32. The van der Waals surface area contributed by atoms with Crippen molar-refractivity contribution in [3.05, 3.63) is 47.8 Å². The SMILES string of the molecule is COc1cc(NC(=O)Nc2cnc3cc(Cl)nn3c2[C@H](C)OC)cnc1-n1nccn1. The first-order chi connectivity index (χ1) is 15.0. The van der Waals surface area contributed by atoms with Gasteiger partial charge in [-0.1, -0.05) is 11.6 Å². The van der Waals surface area contributed by atoms with E-state index >= 15 is 0 Å². The number of pyridine rings is 1. The number of nitrogens with one attached hydrogen (secondary N) is 2. The molecule has 0 aliphatic carbocycles. The Morgan fingerprint density at radius 3 is 2.61 bits per heavy atom. The van der Waals surface area contributed by atoms with Crippen LogP contribution in [0.15, 0.2) is 36.9 Å². The maximum atomic E-state index is 12.7. The van der Waals surface area contributed by atoms with Crippen molar-refractivity contribution in [1.82, 2.24) is 34.6 Å². The third-order valence-electron chi connectivity index (χ3n) is 4.40. The average Bonchev–Trinajstić information content (AvgIpc) is 3.42. The minimum atomic E-state index is -0.516. The van der Waals surface area contributed by atoms with Gasteiger partial charge in [0.05, 0.1) is 55.1 Å². The lowest BCUT2D eigenvalue weighted by Crippen LogP contribution is -2.22. The van der Waals surface area contributed by atoms with Crippen LogP contribution in [0.1, 0.15) is 18.7 Å². The molecule has 4 heterocycles. The highest BCUT2D eigenvalue weighted by Gasteiger charge is 2.19. The van der Waals surface area contributed by atoms with Gasteiger partial charge in [0.15, 0.2) is 16.5 Å². The van der Waals surface area contributed by atoms with Gasteiger partial charge in [0.1, 0.15) is 0 Å². The molecule has 1 atom stereocenters. The predicted octanol–water partition coefficient (Wildman–Crippen LogP) is 2.72. The van der Waals surface area contributed by atoms with E-state index in [0.29, 0.717) is 34.3 Å². The van der Waals surface area contributed by atoms with Crippen molar-refractivity contribution in [2.24, 2.45) is 0 Å². The summed E-state index contributed by atoms with van der Waals surface area (Å²) in [7, 11) is 3.04. The van der Waals surface area contributed by atoms with Crippen LogP contribution in [0.5, 0.6) is 5.75 Å². The second kappa shape index (κ2) is 8.53. The summed E-state index contributed by atoms with van der Waals surface area (Å²) in [4.78, 5) is 22.5. The number of urea groups is 1. The molecule has 0 unspecified atom stereocenters. The number of methoxy groups -OCH3 is 2. The molecule has 12 nitrogen and oxygen atoms in total. The van der Waals surface area contributed by atoms with E-state index in [1.807, 2.05) is 6.92 Å². The van der Waals surface area contributed by atoms with Crippen LogP contribution < -0.4 is 15.4 Å². The van der Waals surface area contributed by atoms with E-state index in [4.69, 9.17) is 21.1 Å². The number of halogens is 1. The van der Waals surface area contributed by atoms with Gasteiger partial charge in [0.25, 0.3) is 0 Å². The first-order valence-electron chi connectivity index (χ1n) is 9.06. The number of nitrogens with zero attached hydrogens (tertiary/aromatic N) is 7. The molecule has 4 rings (SSSR count). The van der Waals surface area contributed by atoms with E-state index < -0.39 is 6.03 Å². The number of hydrogen-bond donors (Lipinski definition) is 2. The summed E-state index contributed by atoms with van der Waals surface area (Å²) in [6.45, 7) is 1.82. The molecule has 0 radical (unpaired) electrons. The molecule has 13 heteroatoms. The van der Waals surface area contributed by atoms with Crippen molar-refractivity contribution in [2.45, 2.75) is 13.0 Å². The van der Waals surface area contributed by atoms with E-state index in [1.165, 1.54) is 41.2 Å². The molecule has 0 bridgehead atoms. The Hall–Kier alpha value is -3.77. The molecule has 2 N–H and O–H groups in total. The molecule has 4 aromatic rings. The lowest BCUT2D eigenvalue weighted by molar-refractivity contribution is 0.114. The van der Waals surface area contributed by atoms with Crippen LogP contribution in [-0.4, -0.2) is 54.8 Å². The highest BCUT2D eigenvalue weighted by molar-refractivity contribution is 6.29. The molecule has 0 aliphatic rings. The Bertz CT molecular complexity index is 1230. The normalized spacial score (nSPS) is 12.0. The van der Waals surface area contributed by atoms with Gasteiger partial charge in [0.2, 0.25) is 5.82 Å². The largest absolute Gasteiger partial charge is 0.493 e. The Morgan fingerprint density at radius 2 is 1.90 bits per heavy atom. The maximum absolute atomic E-state index is 12.7. The number of anilines is 2. The first-order valence-corrected chi connectivity index (χ1v) is 9.43. The number of rotatable bonds is 6. The summed E-state index contributed by atoms with van der Waals surface area (Å²) in [5, 5.41) is 18.0. The summed E-state index contributed by atoms with van der Waals surface area (Å²) in [5.41, 5.74) is 1.94. The van der Waals surface area contributed by atoms with Crippen molar-refractivity contribution in [3.8, 4) is 11.6 Å². The molecule has 4 aromatic heterocycles. The highest BCUT2D eigenvalue weighted by Crippen LogP contribution is 2.27. The maximum Gasteiger partial charge on any atom is 0.323 e. The van der Waals surface area contributed by atoms with Gasteiger partial charge in [-0.05, 0) is 6.92 Å². The van der Waals surface area contributed by atoms with Gasteiger partial charge in [-0.2, -0.15) is 15.3 Å². The van der Waals surface area contributed by atoms with Crippen LogP contribution >= 0.6 is 11.6 Å². The number of hydrogen-bond acceptors (Lipinski definition) is 8. The van der Waals surface area contributed by atoms with E-state index in [9.17, 15) is 4.79 Å². The summed E-state index contributed by atoms with van der Waals surface area (Å²) in [6, 6.07) is 2.71. The molecule has 0 saturated carbocycles. The topological polar surface area (TPSA) is 133 Å². The summed E-state index contributed by atoms with van der Waals surface area (Å²) in [5.74, 6) is 0.775. The second-order valence-corrected chi connectivity index (χ2v) is 6.71. The number of fused-ring (bicyclic) bond motifs is 1. The fraction of sp³-hybridized carbons (Fsp3) is 0.222. The zero-order valence-corrected chi connectivity index (χ0v) is 17.5. The highest BCUT2D eigenvalue weighted by atomic mass is 35.5. The van der Waals surface area contributed by atoms with Crippen LogP contribution in [0, 0.1) is 0 Å². The van der Waals surface area contributed by atoms with Gasteiger partial charge >= 0.3 is 6.03 Å². The Labute approximate surface area is 181 Å². The Kier molecular flexibility index (Phi) is 5.64. The van der Waals surface area contributed by atoms with Crippen molar-refractivity contribution >= 4 is 34.7 Å². The van der Waals surface area contributed by atoms with E-state index in [0.717, 1.165) is 0 Å². The molecule has 0 spiro atoms. The third kappa shape index (κ3) is 4.11.